The Labute approximate surface area is 141 Å². The topological polar surface area (TPSA) is 29.5 Å². The molecule has 0 aromatic carbocycles. The Hall–Kier alpha value is -0.0800. The molecule has 136 valence electrons. The zero-order valence-electron chi connectivity index (χ0n) is 15.9. The number of aliphatic hydroxyl groups excluding tert-OH is 1. The summed E-state index contributed by atoms with van der Waals surface area (Å²) in [6.07, 6.45) is 18.2. The Morgan fingerprint density at radius 1 is 0.500 bits per heavy atom. The molecule has 22 heavy (non-hydrogen) atoms. The summed E-state index contributed by atoms with van der Waals surface area (Å²) in [7, 11) is 0. The molecular formula is C20H44O2. The second-order valence-electron chi connectivity index (χ2n) is 6.23. The molecule has 2 heteroatoms. The third-order valence-electron chi connectivity index (χ3n) is 3.80. The van der Waals surface area contributed by atoms with Gasteiger partial charge in [-0.1, -0.05) is 91.4 Å². The third kappa shape index (κ3) is 28.1. The molecule has 0 aromatic heterocycles. The number of hydrogen-bond acceptors (Lipinski definition) is 2. The molecule has 0 aliphatic heterocycles. The molecule has 0 aliphatic rings. The van der Waals surface area contributed by atoms with Gasteiger partial charge in [0.05, 0.1) is 0 Å². The highest BCUT2D eigenvalue weighted by Crippen LogP contribution is 2.09. The second kappa shape index (κ2) is 25.9. The van der Waals surface area contributed by atoms with Crippen LogP contribution in [0.3, 0.4) is 0 Å². The van der Waals surface area contributed by atoms with Gasteiger partial charge in [0, 0.05) is 19.8 Å². The average molecular weight is 317 g/mol. The fourth-order valence-corrected chi connectivity index (χ4v) is 2.19. The highest BCUT2D eigenvalue weighted by atomic mass is 16.5. The highest BCUT2D eigenvalue weighted by Gasteiger charge is 1.91. The van der Waals surface area contributed by atoms with E-state index in [2.05, 4.69) is 20.8 Å². The minimum Gasteiger partial charge on any atom is -0.396 e. The van der Waals surface area contributed by atoms with Crippen molar-refractivity contribution in [3.63, 3.8) is 0 Å². The summed E-state index contributed by atoms with van der Waals surface area (Å²) in [5, 5.41) is 8.57. The molecule has 2 nitrogen and oxygen atoms in total. The molecule has 0 spiro atoms. The van der Waals surface area contributed by atoms with Crippen LogP contribution in [0.1, 0.15) is 111 Å². The first kappa shape index (κ1) is 24.2. The van der Waals surface area contributed by atoms with Crippen LogP contribution >= 0.6 is 0 Å². The lowest BCUT2D eigenvalue weighted by Gasteiger charge is -2.00. The van der Waals surface area contributed by atoms with Crippen molar-refractivity contribution in [2.24, 2.45) is 0 Å². The normalized spacial score (nSPS) is 10.4. The number of hydrogen-bond donors (Lipinski definition) is 1. The summed E-state index contributed by atoms with van der Waals surface area (Å²) in [5.74, 6) is 0. The van der Waals surface area contributed by atoms with Gasteiger partial charge in [-0.3, -0.25) is 0 Å². The minimum absolute atomic E-state index is 0.372. The van der Waals surface area contributed by atoms with Gasteiger partial charge in [-0.2, -0.15) is 0 Å². The molecule has 0 amide bonds. The summed E-state index contributed by atoms with van der Waals surface area (Å²) in [6, 6.07) is 0. The van der Waals surface area contributed by atoms with Crippen LogP contribution < -0.4 is 0 Å². The Bertz CT molecular complexity index is 144. The van der Waals surface area contributed by atoms with Gasteiger partial charge >= 0.3 is 0 Å². The largest absolute Gasteiger partial charge is 0.396 e. The van der Waals surface area contributed by atoms with Crippen molar-refractivity contribution in [1.29, 1.82) is 0 Å². The Morgan fingerprint density at radius 2 is 0.864 bits per heavy atom. The molecule has 0 heterocycles. The molecule has 0 atom stereocenters. The van der Waals surface area contributed by atoms with Crippen LogP contribution in [0.5, 0.6) is 0 Å². The predicted octanol–water partition coefficient (Wildman–Crippen LogP) is 6.50. The van der Waals surface area contributed by atoms with E-state index in [0.717, 1.165) is 19.6 Å². The molecule has 0 rings (SSSR count). The van der Waals surface area contributed by atoms with Gasteiger partial charge in [0.25, 0.3) is 0 Å². The molecule has 0 radical (unpaired) electrons. The van der Waals surface area contributed by atoms with Crippen molar-refractivity contribution in [3.05, 3.63) is 0 Å². The first-order valence-electron chi connectivity index (χ1n) is 10.0. The van der Waals surface area contributed by atoms with Gasteiger partial charge in [0.1, 0.15) is 0 Å². The SMILES string of the molecule is CCCCCCCCCCCCO.CCCCOCCCC. The van der Waals surface area contributed by atoms with Crippen LogP contribution in [0, 0.1) is 0 Å². The quantitative estimate of drug-likeness (QED) is 0.329. The van der Waals surface area contributed by atoms with Crippen molar-refractivity contribution in [1.82, 2.24) is 0 Å². The third-order valence-corrected chi connectivity index (χ3v) is 3.80. The lowest BCUT2D eigenvalue weighted by Crippen LogP contribution is -1.95. The predicted molar refractivity (Wildman–Crippen MR) is 99.6 cm³/mol. The van der Waals surface area contributed by atoms with Gasteiger partial charge in [0.2, 0.25) is 0 Å². The van der Waals surface area contributed by atoms with E-state index in [1.807, 2.05) is 0 Å². The van der Waals surface area contributed by atoms with Crippen LogP contribution in [-0.2, 0) is 4.74 Å². The number of unbranched alkanes of at least 4 members (excludes halogenated alkanes) is 11. The zero-order chi connectivity index (χ0) is 16.7. The first-order chi connectivity index (χ1) is 10.8. The second-order valence-corrected chi connectivity index (χ2v) is 6.23. The van der Waals surface area contributed by atoms with Gasteiger partial charge in [-0.25, -0.2) is 0 Å². The summed E-state index contributed by atoms with van der Waals surface area (Å²) < 4.78 is 5.31. The summed E-state index contributed by atoms with van der Waals surface area (Å²) >= 11 is 0. The van der Waals surface area contributed by atoms with E-state index in [4.69, 9.17) is 9.84 Å². The van der Waals surface area contributed by atoms with E-state index in [9.17, 15) is 0 Å². The average Bonchev–Trinajstić information content (AvgIpc) is 2.54. The summed E-state index contributed by atoms with van der Waals surface area (Å²) in [6.45, 7) is 8.91. The van der Waals surface area contributed by atoms with E-state index in [1.54, 1.807) is 0 Å². The van der Waals surface area contributed by atoms with Gasteiger partial charge in [-0.05, 0) is 19.3 Å². The van der Waals surface area contributed by atoms with E-state index >= 15 is 0 Å². The molecule has 0 saturated carbocycles. The maximum absolute atomic E-state index is 8.57. The van der Waals surface area contributed by atoms with E-state index in [-0.39, 0.29) is 0 Å². The maximum Gasteiger partial charge on any atom is 0.0465 e. The molecule has 0 saturated heterocycles. The number of ether oxygens (including phenoxy) is 1. The Kier molecular flexibility index (Phi) is 28.4. The van der Waals surface area contributed by atoms with Crippen LogP contribution in [0.2, 0.25) is 0 Å². The summed E-state index contributed by atoms with van der Waals surface area (Å²) in [4.78, 5) is 0. The molecule has 0 bridgehead atoms. The minimum atomic E-state index is 0.372. The smallest absolute Gasteiger partial charge is 0.0465 e. The fraction of sp³-hybridized carbons (Fsp3) is 1.00. The lowest BCUT2D eigenvalue weighted by molar-refractivity contribution is 0.128. The Balaban J connectivity index is 0. The lowest BCUT2D eigenvalue weighted by atomic mass is 10.1. The zero-order valence-corrected chi connectivity index (χ0v) is 15.9. The molecule has 0 fully saturated rings. The van der Waals surface area contributed by atoms with E-state index in [0.29, 0.717) is 6.61 Å². The van der Waals surface area contributed by atoms with Gasteiger partial charge in [0.15, 0.2) is 0 Å². The van der Waals surface area contributed by atoms with Crippen molar-refractivity contribution >= 4 is 0 Å². The van der Waals surface area contributed by atoms with E-state index < -0.39 is 0 Å². The first-order valence-corrected chi connectivity index (χ1v) is 10.0. The maximum atomic E-state index is 8.57. The molecule has 0 aromatic rings. The van der Waals surface area contributed by atoms with Gasteiger partial charge < -0.3 is 9.84 Å². The van der Waals surface area contributed by atoms with Crippen molar-refractivity contribution in [2.45, 2.75) is 111 Å². The molecule has 0 aliphatic carbocycles. The fourth-order valence-electron chi connectivity index (χ4n) is 2.19. The Morgan fingerprint density at radius 3 is 1.23 bits per heavy atom. The van der Waals surface area contributed by atoms with Crippen LogP contribution in [-0.4, -0.2) is 24.9 Å². The van der Waals surface area contributed by atoms with Crippen LogP contribution in [0.15, 0.2) is 0 Å². The monoisotopic (exact) mass is 316 g/mol. The van der Waals surface area contributed by atoms with E-state index in [1.165, 1.54) is 83.5 Å². The van der Waals surface area contributed by atoms with Crippen LogP contribution in [0.25, 0.3) is 0 Å². The molecular weight excluding hydrogens is 272 g/mol. The van der Waals surface area contributed by atoms with Gasteiger partial charge in [-0.15, -0.1) is 0 Å². The van der Waals surface area contributed by atoms with Crippen molar-refractivity contribution in [3.8, 4) is 0 Å². The van der Waals surface area contributed by atoms with Crippen molar-refractivity contribution in [2.75, 3.05) is 19.8 Å². The molecule has 0 unspecified atom stereocenters. The number of aliphatic hydroxyl groups is 1. The standard InChI is InChI=1S/C12H26O.C8H18O/c1-2-3-4-5-6-7-8-9-10-11-12-13;1-3-5-7-9-8-6-4-2/h13H,2-12H2,1H3;3-8H2,1-2H3. The number of rotatable bonds is 16. The van der Waals surface area contributed by atoms with Crippen molar-refractivity contribution < 1.29 is 9.84 Å². The van der Waals surface area contributed by atoms with Crippen LogP contribution in [0.4, 0.5) is 0 Å². The summed E-state index contributed by atoms with van der Waals surface area (Å²) in [5.41, 5.74) is 0. The highest BCUT2D eigenvalue weighted by molar-refractivity contribution is 4.46. The molecule has 1 N–H and O–H groups in total.